The largest absolute Gasteiger partial charge is 0.497 e. The Balaban J connectivity index is 1.99. The van der Waals surface area contributed by atoms with Crippen molar-refractivity contribution in [2.75, 3.05) is 13.7 Å². The summed E-state index contributed by atoms with van der Waals surface area (Å²) in [5.41, 5.74) is -0.737. The average molecular weight is 295 g/mol. The molecule has 2 atom stereocenters. The van der Waals surface area contributed by atoms with Crippen molar-refractivity contribution in [2.24, 2.45) is 0 Å². The average Bonchev–Trinajstić information content (AvgIpc) is 2.84. The van der Waals surface area contributed by atoms with Gasteiger partial charge in [0.15, 0.2) is 0 Å². The third-order valence-electron chi connectivity index (χ3n) is 3.76. The Hall–Kier alpha value is -1.20. The molecule has 2 N–H and O–H groups in total. The van der Waals surface area contributed by atoms with Crippen LogP contribution in [0.5, 0.6) is 5.75 Å². The molecule has 1 aromatic rings. The van der Waals surface area contributed by atoms with E-state index in [9.17, 15) is 9.90 Å². The Labute approximate surface area is 123 Å². The van der Waals surface area contributed by atoms with Gasteiger partial charge in [-0.2, -0.15) is 0 Å². The molecule has 110 valence electrons. The number of ether oxygens (including phenoxy) is 1. The van der Waals surface area contributed by atoms with E-state index in [2.05, 4.69) is 5.32 Å². The molecule has 0 heterocycles. The summed E-state index contributed by atoms with van der Waals surface area (Å²) >= 11 is 1.76. The highest BCUT2D eigenvalue weighted by atomic mass is 32.2. The number of benzene rings is 1. The third-order valence-corrected chi connectivity index (χ3v) is 5.04. The summed E-state index contributed by atoms with van der Waals surface area (Å²) < 4.78 is 5.14. The number of hydrogen-bond donors (Lipinski definition) is 2. The minimum absolute atomic E-state index is 0.346. The summed E-state index contributed by atoms with van der Waals surface area (Å²) in [5.74, 6) is 0.116. The molecule has 0 aliphatic heterocycles. The van der Waals surface area contributed by atoms with E-state index in [1.54, 1.807) is 18.9 Å². The monoisotopic (exact) mass is 295 g/mol. The van der Waals surface area contributed by atoms with Gasteiger partial charge in [-0.3, -0.25) is 4.79 Å². The number of carbonyl (C=O) groups is 1. The van der Waals surface area contributed by atoms with Crippen molar-refractivity contribution >= 4 is 17.7 Å². The minimum atomic E-state index is -0.737. The van der Waals surface area contributed by atoms with Gasteiger partial charge < -0.3 is 15.2 Å². The van der Waals surface area contributed by atoms with Gasteiger partial charge in [-0.05, 0) is 50.1 Å². The topological polar surface area (TPSA) is 58.6 Å². The number of hydrogen-bond acceptors (Lipinski definition) is 4. The molecule has 1 aliphatic carbocycles. The Bertz CT molecular complexity index is 463. The SMILES string of the molecule is CCNC1(C(=O)O)CCC(Sc2ccc(OC)cc2)C1. The van der Waals surface area contributed by atoms with Gasteiger partial charge in [-0.1, -0.05) is 6.92 Å². The number of methoxy groups -OCH3 is 1. The first kappa shape index (κ1) is 15.2. The zero-order valence-corrected chi connectivity index (χ0v) is 12.7. The van der Waals surface area contributed by atoms with Crippen molar-refractivity contribution in [3.05, 3.63) is 24.3 Å². The van der Waals surface area contributed by atoms with Gasteiger partial charge in [-0.25, -0.2) is 0 Å². The van der Waals surface area contributed by atoms with Gasteiger partial charge in [0.25, 0.3) is 0 Å². The van der Waals surface area contributed by atoms with Crippen LogP contribution < -0.4 is 10.1 Å². The summed E-state index contributed by atoms with van der Waals surface area (Å²) in [6, 6.07) is 7.92. The summed E-state index contributed by atoms with van der Waals surface area (Å²) in [7, 11) is 1.65. The molecule has 4 nitrogen and oxygen atoms in total. The lowest BCUT2D eigenvalue weighted by molar-refractivity contribution is -0.144. The molecule has 5 heteroatoms. The van der Waals surface area contributed by atoms with Gasteiger partial charge in [0, 0.05) is 10.1 Å². The standard InChI is InChI=1S/C15H21NO3S/c1-3-16-15(14(17)18)9-8-13(10-15)20-12-6-4-11(19-2)5-7-12/h4-7,13,16H,3,8-10H2,1-2H3,(H,17,18). The summed E-state index contributed by atoms with van der Waals surface area (Å²) in [5, 5.41) is 13.0. The number of carboxylic acids is 1. The molecule has 0 radical (unpaired) electrons. The molecule has 1 aliphatic rings. The summed E-state index contributed by atoms with van der Waals surface area (Å²) in [6.07, 6.45) is 2.30. The molecule has 0 spiro atoms. The molecular formula is C15H21NO3S. The number of thioether (sulfide) groups is 1. The first-order valence-corrected chi connectivity index (χ1v) is 7.77. The van der Waals surface area contributed by atoms with Gasteiger partial charge in [0.1, 0.15) is 11.3 Å². The molecule has 1 fully saturated rings. The Morgan fingerprint density at radius 1 is 1.50 bits per heavy atom. The maximum absolute atomic E-state index is 11.5. The molecule has 2 unspecified atom stereocenters. The van der Waals surface area contributed by atoms with Crippen molar-refractivity contribution < 1.29 is 14.6 Å². The highest BCUT2D eigenvalue weighted by Crippen LogP contribution is 2.40. The zero-order chi connectivity index (χ0) is 14.6. The van der Waals surface area contributed by atoms with E-state index in [0.29, 0.717) is 24.6 Å². The van der Waals surface area contributed by atoms with Crippen LogP contribution in [0, 0.1) is 0 Å². The van der Waals surface area contributed by atoms with Crippen LogP contribution in [-0.2, 0) is 4.79 Å². The van der Waals surface area contributed by atoms with E-state index in [0.717, 1.165) is 17.1 Å². The van der Waals surface area contributed by atoms with Crippen molar-refractivity contribution in [1.29, 1.82) is 0 Å². The van der Waals surface area contributed by atoms with Crippen molar-refractivity contribution in [2.45, 2.75) is 41.9 Å². The number of nitrogens with one attached hydrogen (secondary N) is 1. The quantitative estimate of drug-likeness (QED) is 0.845. The fourth-order valence-corrected chi connectivity index (χ4v) is 4.00. The number of likely N-dealkylation sites (N-methyl/N-ethyl adjacent to an activating group) is 1. The lowest BCUT2D eigenvalue weighted by atomic mass is 9.98. The van der Waals surface area contributed by atoms with Crippen LogP contribution in [0.15, 0.2) is 29.2 Å². The first-order valence-electron chi connectivity index (χ1n) is 6.89. The summed E-state index contributed by atoms with van der Waals surface area (Å²) in [4.78, 5) is 12.7. The van der Waals surface area contributed by atoms with Crippen molar-refractivity contribution in [3.63, 3.8) is 0 Å². The Morgan fingerprint density at radius 3 is 2.75 bits per heavy atom. The molecule has 0 aromatic heterocycles. The van der Waals surface area contributed by atoms with Crippen LogP contribution >= 0.6 is 11.8 Å². The van der Waals surface area contributed by atoms with E-state index in [-0.39, 0.29) is 0 Å². The normalized spacial score (nSPS) is 25.6. The van der Waals surface area contributed by atoms with E-state index in [4.69, 9.17) is 4.74 Å². The fourth-order valence-electron chi connectivity index (χ4n) is 2.72. The Kier molecular flexibility index (Phi) is 4.94. The molecular weight excluding hydrogens is 274 g/mol. The van der Waals surface area contributed by atoms with Gasteiger partial charge in [0.2, 0.25) is 0 Å². The number of aliphatic carboxylic acids is 1. The minimum Gasteiger partial charge on any atom is -0.497 e. The molecule has 1 aromatic carbocycles. The van der Waals surface area contributed by atoms with E-state index in [1.165, 1.54) is 0 Å². The highest BCUT2D eigenvalue weighted by molar-refractivity contribution is 8.00. The Morgan fingerprint density at radius 2 is 2.20 bits per heavy atom. The molecule has 0 saturated heterocycles. The fraction of sp³-hybridized carbons (Fsp3) is 0.533. The van der Waals surface area contributed by atoms with Crippen LogP contribution in [0.4, 0.5) is 0 Å². The molecule has 1 saturated carbocycles. The summed E-state index contributed by atoms with van der Waals surface area (Å²) in [6.45, 7) is 2.64. The van der Waals surface area contributed by atoms with Gasteiger partial charge in [0.05, 0.1) is 7.11 Å². The number of rotatable bonds is 6. The lowest BCUT2D eigenvalue weighted by Gasteiger charge is -2.25. The maximum Gasteiger partial charge on any atom is 0.323 e. The van der Waals surface area contributed by atoms with Crippen molar-refractivity contribution in [3.8, 4) is 5.75 Å². The predicted molar refractivity (Wildman–Crippen MR) is 80.5 cm³/mol. The van der Waals surface area contributed by atoms with E-state index >= 15 is 0 Å². The van der Waals surface area contributed by atoms with Crippen molar-refractivity contribution in [1.82, 2.24) is 5.32 Å². The maximum atomic E-state index is 11.5. The molecule has 0 bridgehead atoms. The smallest absolute Gasteiger partial charge is 0.323 e. The number of carboxylic acid groups (broad SMARTS) is 1. The second-order valence-corrected chi connectivity index (χ2v) is 6.45. The van der Waals surface area contributed by atoms with Crippen LogP contribution in [0.3, 0.4) is 0 Å². The van der Waals surface area contributed by atoms with Crippen LogP contribution in [0.2, 0.25) is 0 Å². The first-order chi connectivity index (χ1) is 9.59. The van der Waals surface area contributed by atoms with E-state index in [1.807, 2.05) is 31.2 Å². The lowest BCUT2D eigenvalue weighted by Crippen LogP contribution is -2.50. The second-order valence-electron chi connectivity index (χ2n) is 5.08. The zero-order valence-electron chi connectivity index (χ0n) is 11.9. The third kappa shape index (κ3) is 3.27. The molecule has 2 rings (SSSR count). The van der Waals surface area contributed by atoms with Gasteiger partial charge >= 0.3 is 5.97 Å². The molecule has 0 amide bonds. The van der Waals surface area contributed by atoms with Crippen LogP contribution in [-0.4, -0.2) is 35.5 Å². The van der Waals surface area contributed by atoms with Crippen LogP contribution in [0.1, 0.15) is 26.2 Å². The van der Waals surface area contributed by atoms with Gasteiger partial charge in [-0.15, -0.1) is 11.8 Å². The molecule has 20 heavy (non-hydrogen) atoms. The predicted octanol–water partition coefficient (Wildman–Crippen LogP) is 2.77. The van der Waals surface area contributed by atoms with Crippen LogP contribution in [0.25, 0.3) is 0 Å². The second kappa shape index (κ2) is 6.50. The highest BCUT2D eigenvalue weighted by Gasteiger charge is 2.45. The van der Waals surface area contributed by atoms with E-state index < -0.39 is 11.5 Å².